The van der Waals surface area contributed by atoms with Crippen molar-refractivity contribution in [1.29, 1.82) is 0 Å². The van der Waals surface area contributed by atoms with Gasteiger partial charge in [-0.05, 0) is 31.4 Å². The van der Waals surface area contributed by atoms with E-state index in [2.05, 4.69) is 15.5 Å². The first kappa shape index (κ1) is 15.2. The average Bonchev–Trinajstić information content (AvgIpc) is 2.86. The largest absolute Gasteiger partial charge is 0.356 e. The van der Waals surface area contributed by atoms with E-state index in [0.717, 1.165) is 30.2 Å². The summed E-state index contributed by atoms with van der Waals surface area (Å²) >= 11 is 0. The first-order chi connectivity index (χ1) is 10.1. The highest BCUT2D eigenvalue weighted by Crippen LogP contribution is 2.11. The van der Waals surface area contributed by atoms with E-state index in [1.54, 1.807) is 6.20 Å². The van der Waals surface area contributed by atoms with Crippen LogP contribution in [0, 0.1) is 18.6 Å². The van der Waals surface area contributed by atoms with Gasteiger partial charge in [-0.1, -0.05) is 12.1 Å². The minimum absolute atomic E-state index is 0.0678. The van der Waals surface area contributed by atoms with Gasteiger partial charge in [0.2, 0.25) is 5.91 Å². The molecule has 1 aromatic carbocycles. The first-order valence-corrected chi connectivity index (χ1v) is 6.76. The first-order valence-electron chi connectivity index (χ1n) is 6.76. The van der Waals surface area contributed by atoms with Gasteiger partial charge in [-0.2, -0.15) is 5.10 Å². The molecule has 0 radical (unpaired) electrons. The lowest BCUT2D eigenvalue weighted by molar-refractivity contribution is -0.120. The van der Waals surface area contributed by atoms with Gasteiger partial charge in [0.05, 0.1) is 12.6 Å². The van der Waals surface area contributed by atoms with Crippen LogP contribution in [0.1, 0.15) is 23.2 Å². The molecule has 1 heterocycles. The van der Waals surface area contributed by atoms with Crippen molar-refractivity contribution in [2.45, 2.75) is 26.2 Å². The van der Waals surface area contributed by atoms with Gasteiger partial charge in [0.1, 0.15) is 0 Å². The van der Waals surface area contributed by atoms with Crippen molar-refractivity contribution in [2.24, 2.45) is 0 Å². The van der Waals surface area contributed by atoms with Gasteiger partial charge in [-0.15, -0.1) is 0 Å². The molecule has 0 saturated carbocycles. The standard InChI is InChI=1S/C15H17F2N3O/c1-10-12(9-19-20-10)5-3-7-18-14(21)8-11-4-2-6-13(16)15(11)17/h2,4,6,9H,3,5,7-8H2,1H3,(H,18,21)(H,19,20). The number of nitrogens with zero attached hydrogens (tertiary/aromatic N) is 1. The molecule has 0 fully saturated rings. The van der Waals surface area contributed by atoms with Crippen LogP contribution in [0.3, 0.4) is 0 Å². The van der Waals surface area contributed by atoms with E-state index >= 15 is 0 Å². The number of rotatable bonds is 6. The van der Waals surface area contributed by atoms with Crippen LogP contribution < -0.4 is 5.32 Å². The molecule has 1 aromatic heterocycles. The molecule has 2 N–H and O–H groups in total. The Morgan fingerprint density at radius 3 is 2.86 bits per heavy atom. The van der Waals surface area contributed by atoms with Crippen LogP contribution >= 0.6 is 0 Å². The number of aromatic nitrogens is 2. The summed E-state index contributed by atoms with van der Waals surface area (Å²) in [5.74, 6) is -2.21. The van der Waals surface area contributed by atoms with E-state index < -0.39 is 11.6 Å². The molecule has 0 aliphatic carbocycles. The minimum Gasteiger partial charge on any atom is -0.356 e. The van der Waals surface area contributed by atoms with E-state index in [-0.39, 0.29) is 17.9 Å². The highest BCUT2D eigenvalue weighted by molar-refractivity contribution is 5.78. The van der Waals surface area contributed by atoms with Crippen LogP contribution in [-0.2, 0) is 17.6 Å². The Bertz CT molecular complexity index is 625. The summed E-state index contributed by atoms with van der Waals surface area (Å²) < 4.78 is 26.4. The molecular formula is C15H17F2N3O. The number of carbonyl (C=O) groups excluding carboxylic acids is 1. The van der Waals surface area contributed by atoms with Crippen LogP contribution in [0.25, 0.3) is 0 Å². The maximum atomic E-state index is 13.4. The smallest absolute Gasteiger partial charge is 0.224 e. The maximum absolute atomic E-state index is 13.4. The van der Waals surface area contributed by atoms with Crippen molar-refractivity contribution in [3.8, 4) is 0 Å². The van der Waals surface area contributed by atoms with E-state index in [1.165, 1.54) is 12.1 Å². The summed E-state index contributed by atoms with van der Waals surface area (Å²) in [5, 5.41) is 9.47. The zero-order chi connectivity index (χ0) is 15.2. The van der Waals surface area contributed by atoms with Crippen molar-refractivity contribution in [2.75, 3.05) is 6.54 Å². The average molecular weight is 293 g/mol. The lowest BCUT2D eigenvalue weighted by atomic mass is 10.1. The zero-order valence-corrected chi connectivity index (χ0v) is 11.7. The van der Waals surface area contributed by atoms with Crippen LogP contribution in [-0.4, -0.2) is 22.6 Å². The number of hydrogen-bond donors (Lipinski definition) is 2. The quantitative estimate of drug-likeness (QED) is 0.803. The Morgan fingerprint density at radius 1 is 1.33 bits per heavy atom. The molecule has 0 atom stereocenters. The fourth-order valence-corrected chi connectivity index (χ4v) is 2.05. The topological polar surface area (TPSA) is 57.8 Å². The van der Waals surface area contributed by atoms with Crippen molar-refractivity contribution in [1.82, 2.24) is 15.5 Å². The van der Waals surface area contributed by atoms with Gasteiger partial charge < -0.3 is 5.32 Å². The molecule has 0 bridgehead atoms. The molecule has 0 aliphatic rings. The molecule has 0 saturated heterocycles. The summed E-state index contributed by atoms with van der Waals surface area (Å²) in [7, 11) is 0. The Balaban J connectivity index is 1.75. The molecule has 6 heteroatoms. The van der Waals surface area contributed by atoms with Crippen molar-refractivity contribution < 1.29 is 13.6 Å². The van der Waals surface area contributed by atoms with Gasteiger partial charge in [-0.3, -0.25) is 9.89 Å². The second kappa shape index (κ2) is 6.97. The number of nitrogens with one attached hydrogen (secondary N) is 2. The Morgan fingerprint density at radius 2 is 2.14 bits per heavy atom. The van der Waals surface area contributed by atoms with Gasteiger partial charge in [0, 0.05) is 17.8 Å². The lowest BCUT2D eigenvalue weighted by Gasteiger charge is -2.06. The molecule has 0 unspecified atom stereocenters. The van der Waals surface area contributed by atoms with E-state index in [0.29, 0.717) is 6.54 Å². The predicted molar refractivity (Wildman–Crippen MR) is 74.7 cm³/mol. The third-order valence-electron chi connectivity index (χ3n) is 3.26. The Labute approximate surface area is 121 Å². The monoisotopic (exact) mass is 293 g/mol. The van der Waals surface area contributed by atoms with Crippen molar-refractivity contribution >= 4 is 5.91 Å². The lowest BCUT2D eigenvalue weighted by Crippen LogP contribution is -2.26. The van der Waals surface area contributed by atoms with E-state index in [9.17, 15) is 13.6 Å². The number of aromatic amines is 1. The number of H-pyrrole nitrogens is 1. The third kappa shape index (κ3) is 4.11. The summed E-state index contributed by atoms with van der Waals surface area (Å²) in [6.45, 7) is 2.42. The molecular weight excluding hydrogens is 276 g/mol. The van der Waals surface area contributed by atoms with Crippen LogP contribution in [0.4, 0.5) is 8.78 Å². The van der Waals surface area contributed by atoms with Gasteiger partial charge in [-0.25, -0.2) is 8.78 Å². The molecule has 4 nitrogen and oxygen atoms in total. The normalized spacial score (nSPS) is 10.6. The second-order valence-corrected chi connectivity index (χ2v) is 4.86. The van der Waals surface area contributed by atoms with Gasteiger partial charge in [0.15, 0.2) is 11.6 Å². The van der Waals surface area contributed by atoms with Crippen LogP contribution in [0.2, 0.25) is 0 Å². The predicted octanol–water partition coefficient (Wildman–Crippen LogP) is 2.29. The number of amides is 1. The molecule has 0 spiro atoms. The number of hydrogen-bond acceptors (Lipinski definition) is 2. The zero-order valence-electron chi connectivity index (χ0n) is 11.7. The maximum Gasteiger partial charge on any atom is 0.224 e. The molecule has 112 valence electrons. The molecule has 21 heavy (non-hydrogen) atoms. The highest BCUT2D eigenvalue weighted by Gasteiger charge is 2.11. The molecule has 0 aliphatic heterocycles. The minimum atomic E-state index is -0.957. The number of benzene rings is 1. The fraction of sp³-hybridized carbons (Fsp3) is 0.333. The number of halogens is 2. The van der Waals surface area contributed by atoms with Gasteiger partial charge in [0.25, 0.3) is 0 Å². The molecule has 2 aromatic rings. The SMILES string of the molecule is Cc1[nH]ncc1CCCNC(=O)Cc1cccc(F)c1F. The molecule has 1 amide bonds. The Hall–Kier alpha value is -2.24. The number of carbonyl (C=O) groups is 1. The second-order valence-electron chi connectivity index (χ2n) is 4.86. The van der Waals surface area contributed by atoms with Crippen LogP contribution in [0.5, 0.6) is 0 Å². The molecule has 2 rings (SSSR count). The van der Waals surface area contributed by atoms with Crippen LogP contribution in [0.15, 0.2) is 24.4 Å². The summed E-state index contributed by atoms with van der Waals surface area (Å²) in [4.78, 5) is 11.7. The van der Waals surface area contributed by atoms with E-state index in [1.807, 2.05) is 6.92 Å². The van der Waals surface area contributed by atoms with Crippen molar-refractivity contribution in [3.05, 3.63) is 52.9 Å². The Kier molecular flexibility index (Phi) is 5.03. The highest BCUT2D eigenvalue weighted by atomic mass is 19.2. The van der Waals surface area contributed by atoms with E-state index in [4.69, 9.17) is 0 Å². The third-order valence-corrected chi connectivity index (χ3v) is 3.26. The summed E-state index contributed by atoms with van der Waals surface area (Å²) in [6, 6.07) is 3.83. The summed E-state index contributed by atoms with van der Waals surface area (Å²) in [5.41, 5.74) is 2.20. The summed E-state index contributed by atoms with van der Waals surface area (Å²) in [6.07, 6.45) is 3.17. The van der Waals surface area contributed by atoms with Crippen molar-refractivity contribution in [3.63, 3.8) is 0 Å². The van der Waals surface area contributed by atoms with Gasteiger partial charge >= 0.3 is 0 Å². The number of aryl methyl sites for hydroxylation is 2. The fourth-order valence-electron chi connectivity index (χ4n) is 2.05.